The van der Waals surface area contributed by atoms with E-state index in [1.807, 2.05) is 48.5 Å². The van der Waals surface area contributed by atoms with Gasteiger partial charge < -0.3 is 9.47 Å². The fraction of sp³-hybridized carbons (Fsp3) is 0.100. The smallest absolute Gasteiger partial charge is 0.119 e. The fourth-order valence-corrected chi connectivity index (χ4v) is 2.99. The van der Waals surface area contributed by atoms with E-state index in [0.717, 1.165) is 38.6 Å². The van der Waals surface area contributed by atoms with Gasteiger partial charge in [0.2, 0.25) is 0 Å². The van der Waals surface area contributed by atoms with Crippen molar-refractivity contribution in [2.45, 2.75) is 4.90 Å². The monoisotopic (exact) mass is 322 g/mol. The van der Waals surface area contributed by atoms with Crippen LogP contribution in [-0.2, 0) is 0 Å². The maximum absolute atomic E-state index is 5.35. The first-order valence-corrected chi connectivity index (χ1v) is 7.78. The average molecular weight is 322 g/mol. The Bertz CT molecular complexity index is 827. The first-order chi connectivity index (χ1) is 11.2. The SMILES string of the molecule is COc1cccc(-c2cccc(S)c2-c2cccc(OC)c2)c1. The van der Waals surface area contributed by atoms with Crippen LogP contribution in [0.15, 0.2) is 71.6 Å². The zero-order valence-electron chi connectivity index (χ0n) is 13.1. The minimum atomic E-state index is 0.829. The number of ether oxygens (including phenoxy) is 2. The van der Waals surface area contributed by atoms with Crippen LogP contribution < -0.4 is 9.47 Å². The highest BCUT2D eigenvalue weighted by Crippen LogP contribution is 2.38. The van der Waals surface area contributed by atoms with Gasteiger partial charge in [0.15, 0.2) is 0 Å². The van der Waals surface area contributed by atoms with Gasteiger partial charge in [0.05, 0.1) is 14.2 Å². The lowest BCUT2D eigenvalue weighted by Crippen LogP contribution is -1.90. The van der Waals surface area contributed by atoms with E-state index >= 15 is 0 Å². The van der Waals surface area contributed by atoms with Crippen molar-refractivity contribution in [2.24, 2.45) is 0 Å². The molecule has 2 nitrogen and oxygen atoms in total. The maximum Gasteiger partial charge on any atom is 0.119 e. The van der Waals surface area contributed by atoms with Gasteiger partial charge in [-0.15, -0.1) is 12.6 Å². The van der Waals surface area contributed by atoms with E-state index in [1.165, 1.54) is 0 Å². The van der Waals surface area contributed by atoms with E-state index in [-0.39, 0.29) is 0 Å². The second-order valence-corrected chi connectivity index (χ2v) is 5.65. The molecular weight excluding hydrogens is 304 g/mol. The van der Waals surface area contributed by atoms with E-state index in [4.69, 9.17) is 9.47 Å². The predicted molar refractivity (Wildman–Crippen MR) is 97.7 cm³/mol. The molecule has 3 aromatic rings. The lowest BCUT2D eigenvalue weighted by atomic mass is 9.94. The number of benzene rings is 3. The van der Waals surface area contributed by atoms with Crippen molar-refractivity contribution < 1.29 is 9.47 Å². The Morgan fingerprint density at radius 2 is 1.26 bits per heavy atom. The van der Waals surface area contributed by atoms with E-state index in [1.54, 1.807) is 14.2 Å². The van der Waals surface area contributed by atoms with Crippen molar-refractivity contribution in [1.29, 1.82) is 0 Å². The van der Waals surface area contributed by atoms with Crippen molar-refractivity contribution in [2.75, 3.05) is 14.2 Å². The van der Waals surface area contributed by atoms with Gasteiger partial charge in [0.25, 0.3) is 0 Å². The molecule has 0 fully saturated rings. The topological polar surface area (TPSA) is 18.5 Å². The summed E-state index contributed by atoms with van der Waals surface area (Å²) in [4.78, 5) is 0.929. The van der Waals surface area contributed by atoms with Crippen LogP contribution in [0.3, 0.4) is 0 Å². The third kappa shape index (κ3) is 3.20. The molecule has 0 saturated heterocycles. The molecule has 0 atom stereocenters. The van der Waals surface area contributed by atoms with E-state index < -0.39 is 0 Å². The molecule has 0 N–H and O–H groups in total. The summed E-state index contributed by atoms with van der Waals surface area (Å²) in [5.74, 6) is 1.67. The van der Waals surface area contributed by atoms with Crippen LogP contribution in [0, 0.1) is 0 Å². The largest absolute Gasteiger partial charge is 0.497 e. The fourth-order valence-electron chi connectivity index (χ4n) is 2.65. The van der Waals surface area contributed by atoms with E-state index in [0.29, 0.717) is 0 Å². The molecule has 3 rings (SSSR count). The number of methoxy groups -OCH3 is 2. The third-order valence-corrected chi connectivity index (χ3v) is 4.15. The van der Waals surface area contributed by atoms with E-state index in [2.05, 4.69) is 30.8 Å². The summed E-state index contributed by atoms with van der Waals surface area (Å²) in [5, 5.41) is 0. The van der Waals surface area contributed by atoms with Crippen LogP contribution in [0.25, 0.3) is 22.3 Å². The first kappa shape index (κ1) is 15.5. The normalized spacial score (nSPS) is 10.4. The molecule has 0 aromatic heterocycles. The van der Waals surface area contributed by atoms with Crippen LogP contribution >= 0.6 is 12.6 Å². The highest BCUT2D eigenvalue weighted by molar-refractivity contribution is 7.80. The van der Waals surface area contributed by atoms with Gasteiger partial charge >= 0.3 is 0 Å². The summed E-state index contributed by atoms with van der Waals surface area (Å²) in [6.07, 6.45) is 0. The zero-order valence-corrected chi connectivity index (χ0v) is 14.0. The Kier molecular flexibility index (Phi) is 4.58. The van der Waals surface area contributed by atoms with Gasteiger partial charge in [-0.3, -0.25) is 0 Å². The molecule has 3 heteroatoms. The van der Waals surface area contributed by atoms with Crippen molar-refractivity contribution in [3.05, 3.63) is 66.7 Å². The van der Waals surface area contributed by atoms with Gasteiger partial charge in [-0.05, 0) is 47.0 Å². The van der Waals surface area contributed by atoms with Crippen LogP contribution in [-0.4, -0.2) is 14.2 Å². The summed E-state index contributed by atoms with van der Waals surface area (Å²) in [6, 6.07) is 22.2. The number of rotatable bonds is 4. The van der Waals surface area contributed by atoms with Gasteiger partial charge in [-0.25, -0.2) is 0 Å². The molecule has 0 radical (unpaired) electrons. The van der Waals surface area contributed by atoms with Crippen molar-refractivity contribution >= 4 is 12.6 Å². The van der Waals surface area contributed by atoms with Crippen LogP contribution in [0.1, 0.15) is 0 Å². The van der Waals surface area contributed by atoms with Crippen LogP contribution in [0.5, 0.6) is 11.5 Å². The average Bonchev–Trinajstić information content (AvgIpc) is 2.61. The lowest BCUT2D eigenvalue weighted by molar-refractivity contribution is 0.415. The molecule has 0 amide bonds. The zero-order chi connectivity index (χ0) is 16.2. The number of thiol groups is 1. The van der Waals surface area contributed by atoms with Crippen LogP contribution in [0.4, 0.5) is 0 Å². The van der Waals surface area contributed by atoms with Gasteiger partial charge in [0, 0.05) is 10.5 Å². The number of hydrogen-bond donors (Lipinski definition) is 1. The standard InChI is InChI=1S/C20H18O2S/c1-21-16-8-3-6-14(12-16)18-10-5-11-19(23)20(18)15-7-4-9-17(13-15)22-2/h3-13,23H,1-2H3. The van der Waals surface area contributed by atoms with Crippen LogP contribution in [0.2, 0.25) is 0 Å². The molecule has 0 spiro atoms. The molecule has 0 heterocycles. The molecule has 0 bridgehead atoms. The second-order valence-electron chi connectivity index (χ2n) is 5.16. The Hall–Kier alpha value is -2.39. The molecule has 3 aromatic carbocycles. The summed E-state index contributed by atoms with van der Waals surface area (Å²) < 4.78 is 10.7. The van der Waals surface area contributed by atoms with Gasteiger partial charge in [-0.1, -0.05) is 36.4 Å². The maximum atomic E-state index is 5.35. The second kappa shape index (κ2) is 6.80. The molecule has 0 aliphatic heterocycles. The Morgan fingerprint density at radius 1 is 0.696 bits per heavy atom. The minimum Gasteiger partial charge on any atom is -0.497 e. The van der Waals surface area contributed by atoms with Gasteiger partial charge in [-0.2, -0.15) is 0 Å². The highest BCUT2D eigenvalue weighted by atomic mass is 32.1. The van der Waals surface area contributed by atoms with Crippen molar-refractivity contribution in [3.63, 3.8) is 0 Å². The lowest BCUT2D eigenvalue weighted by Gasteiger charge is -2.14. The van der Waals surface area contributed by atoms with E-state index in [9.17, 15) is 0 Å². The summed E-state index contributed by atoms with van der Waals surface area (Å²) >= 11 is 4.67. The molecular formula is C20H18O2S. The molecule has 0 aliphatic rings. The first-order valence-electron chi connectivity index (χ1n) is 7.34. The van der Waals surface area contributed by atoms with Gasteiger partial charge in [0.1, 0.15) is 11.5 Å². The highest BCUT2D eigenvalue weighted by Gasteiger charge is 2.12. The minimum absolute atomic E-state index is 0.829. The Balaban J connectivity index is 2.20. The number of hydrogen-bond acceptors (Lipinski definition) is 3. The molecule has 23 heavy (non-hydrogen) atoms. The molecule has 116 valence electrons. The summed E-state index contributed by atoms with van der Waals surface area (Å²) in [7, 11) is 3.35. The Morgan fingerprint density at radius 3 is 1.91 bits per heavy atom. The van der Waals surface area contributed by atoms with Crippen molar-refractivity contribution in [1.82, 2.24) is 0 Å². The Labute approximate surface area is 142 Å². The van der Waals surface area contributed by atoms with Crippen molar-refractivity contribution in [3.8, 4) is 33.8 Å². The predicted octanol–water partition coefficient (Wildman–Crippen LogP) is 5.33. The third-order valence-electron chi connectivity index (χ3n) is 3.78. The summed E-state index contributed by atoms with van der Waals surface area (Å²) in [5.41, 5.74) is 4.37. The molecule has 0 aliphatic carbocycles. The summed E-state index contributed by atoms with van der Waals surface area (Å²) in [6.45, 7) is 0. The molecule has 0 saturated carbocycles. The molecule has 0 unspecified atom stereocenters. The quantitative estimate of drug-likeness (QED) is 0.655.